The summed E-state index contributed by atoms with van der Waals surface area (Å²) in [6.07, 6.45) is -14.4. The first-order chi connectivity index (χ1) is 24.9. The lowest BCUT2D eigenvalue weighted by Gasteiger charge is -2.40. The van der Waals surface area contributed by atoms with E-state index in [9.17, 15) is 49.1 Å². The molecule has 0 fully saturated rings. The molecular formula is C33H31F9N6O5. The van der Waals surface area contributed by atoms with E-state index < -0.39 is 71.1 Å². The minimum Gasteiger partial charge on any atom is -0.490 e. The molecule has 4 aromatic rings. The molecule has 1 aliphatic rings. The number of aromatic nitrogens is 4. The van der Waals surface area contributed by atoms with Crippen LogP contribution in [0, 0.1) is 0 Å². The average molecular weight is 763 g/mol. The van der Waals surface area contributed by atoms with Gasteiger partial charge in [-0.3, -0.25) is 14.4 Å². The maximum Gasteiger partial charge on any atom is 0.438 e. The third-order valence-electron chi connectivity index (χ3n) is 8.25. The van der Waals surface area contributed by atoms with Crippen LogP contribution in [0.5, 0.6) is 5.75 Å². The van der Waals surface area contributed by atoms with E-state index in [1.807, 2.05) is 0 Å². The van der Waals surface area contributed by atoms with Gasteiger partial charge in [0.15, 0.2) is 11.6 Å². The van der Waals surface area contributed by atoms with Gasteiger partial charge < -0.3 is 14.8 Å². The number of carbonyl (C=O) groups is 1. The molecule has 2 atom stereocenters. The molecule has 0 spiro atoms. The molecule has 3 heterocycles. The maximum absolute atomic E-state index is 13.8. The highest BCUT2D eigenvalue weighted by atomic mass is 19.4. The van der Waals surface area contributed by atoms with Gasteiger partial charge in [0, 0.05) is 18.9 Å². The lowest BCUT2D eigenvalue weighted by atomic mass is 9.89. The Morgan fingerprint density at radius 1 is 0.981 bits per heavy atom. The Labute approximate surface area is 294 Å². The Kier molecular flexibility index (Phi) is 11.3. The Bertz CT molecular complexity index is 1940. The molecule has 0 aliphatic carbocycles. The van der Waals surface area contributed by atoms with Gasteiger partial charge in [0.05, 0.1) is 53.5 Å². The smallest absolute Gasteiger partial charge is 0.438 e. The van der Waals surface area contributed by atoms with Gasteiger partial charge in [-0.25, -0.2) is 19.6 Å². The van der Waals surface area contributed by atoms with Gasteiger partial charge in [0.2, 0.25) is 5.95 Å². The normalized spacial score (nSPS) is 16.3. The van der Waals surface area contributed by atoms with Gasteiger partial charge in [-0.05, 0) is 73.7 Å². The summed E-state index contributed by atoms with van der Waals surface area (Å²) in [6.45, 7) is 3.25. The summed E-state index contributed by atoms with van der Waals surface area (Å²) in [4.78, 5) is 36.3. The molecule has 5 rings (SSSR count). The highest BCUT2D eigenvalue weighted by Crippen LogP contribution is 2.43. The van der Waals surface area contributed by atoms with E-state index >= 15 is 0 Å². The lowest BCUT2D eigenvalue weighted by molar-refractivity contribution is -0.143. The summed E-state index contributed by atoms with van der Waals surface area (Å²) in [5.41, 5.74) is -4.50. The molecule has 0 saturated carbocycles. The lowest BCUT2D eigenvalue weighted by Crippen LogP contribution is -2.46. The van der Waals surface area contributed by atoms with Gasteiger partial charge in [0.25, 0.3) is 0 Å². The SMILES string of the molecule is CCOC(=O)N1c2ccc(C(F)(F)F)cc2[C@@H](Nc2ncc(OCCCc3noc(=O)[nH]3)c(Cc3cc(C(F)(F)F)cc(C(F)(F)F)c3)n2)C[C@H]1CC. The van der Waals surface area contributed by atoms with Crippen LogP contribution in [0.25, 0.3) is 0 Å². The fourth-order valence-corrected chi connectivity index (χ4v) is 5.84. The Morgan fingerprint density at radius 3 is 2.25 bits per heavy atom. The summed E-state index contributed by atoms with van der Waals surface area (Å²) < 4.78 is 139. The first kappa shape index (κ1) is 38.9. The van der Waals surface area contributed by atoms with Crippen LogP contribution in [-0.4, -0.2) is 45.5 Å². The molecular weight excluding hydrogens is 731 g/mol. The van der Waals surface area contributed by atoms with Crippen LogP contribution >= 0.6 is 0 Å². The largest absolute Gasteiger partial charge is 0.490 e. The van der Waals surface area contributed by atoms with Crippen LogP contribution in [0.2, 0.25) is 0 Å². The molecule has 0 radical (unpaired) electrons. The van der Waals surface area contributed by atoms with Crippen LogP contribution < -0.4 is 20.7 Å². The number of ether oxygens (including phenoxy) is 2. The molecule has 1 amide bonds. The third kappa shape index (κ3) is 9.39. The number of hydrogen-bond donors (Lipinski definition) is 2. The summed E-state index contributed by atoms with van der Waals surface area (Å²) >= 11 is 0. The van der Waals surface area contributed by atoms with Gasteiger partial charge >= 0.3 is 30.4 Å². The highest BCUT2D eigenvalue weighted by molar-refractivity contribution is 5.90. The molecule has 20 heteroatoms. The Hall–Kier alpha value is -5.30. The zero-order chi connectivity index (χ0) is 38.7. The Balaban J connectivity index is 1.53. The van der Waals surface area contributed by atoms with E-state index in [-0.39, 0.29) is 73.0 Å². The molecule has 2 aromatic carbocycles. The zero-order valence-corrected chi connectivity index (χ0v) is 27.9. The number of H-pyrrole nitrogens is 1. The van der Waals surface area contributed by atoms with E-state index in [1.165, 1.54) is 4.90 Å². The molecule has 0 unspecified atom stereocenters. The van der Waals surface area contributed by atoms with Crippen molar-refractivity contribution < 1.29 is 58.3 Å². The monoisotopic (exact) mass is 762 g/mol. The molecule has 11 nitrogen and oxygen atoms in total. The number of alkyl halides is 9. The van der Waals surface area contributed by atoms with Crippen LogP contribution in [0.1, 0.15) is 78.5 Å². The van der Waals surface area contributed by atoms with E-state index in [0.29, 0.717) is 18.6 Å². The summed E-state index contributed by atoms with van der Waals surface area (Å²) in [5.74, 6) is -0.929. The van der Waals surface area contributed by atoms with Crippen LogP contribution in [-0.2, 0) is 36.1 Å². The number of carbonyl (C=O) groups excluding carboxylic acids is 1. The number of nitrogens with zero attached hydrogens (tertiary/aromatic N) is 4. The zero-order valence-electron chi connectivity index (χ0n) is 27.9. The van der Waals surface area contributed by atoms with Gasteiger partial charge in [-0.1, -0.05) is 12.1 Å². The molecule has 1 aliphatic heterocycles. The molecule has 2 aromatic heterocycles. The van der Waals surface area contributed by atoms with Crippen LogP contribution in [0.4, 0.5) is 55.9 Å². The summed E-state index contributed by atoms with van der Waals surface area (Å²) in [5, 5.41) is 6.47. The number of hydrogen-bond acceptors (Lipinski definition) is 9. The molecule has 286 valence electrons. The van der Waals surface area contributed by atoms with Crippen molar-refractivity contribution in [2.45, 2.75) is 76.6 Å². The topological polar surface area (TPSA) is 135 Å². The first-order valence-corrected chi connectivity index (χ1v) is 16.1. The predicted molar refractivity (Wildman–Crippen MR) is 168 cm³/mol. The van der Waals surface area contributed by atoms with Crippen molar-refractivity contribution in [2.24, 2.45) is 0 Å². The fourth-order valence-electron chi connectivity index (χ4n) is 5.84. The second-order valence-electron chi connectivity index (χ2n) is 11.9. The Morgan fingerprint density at radius 2 is 1.66 bits per heavy atom. The summed E-state index contributed by atoms with van der Waals surface area (Å²) in [7, 11) is 0. The van der Waals surface area contributed by atoms with Crippen LogP contribution in [0.15, 0.2) is 51.9 Å². The van der Waals surface area contributed by atoms with E-state index in [4.69, 9.17) is 9.47 Å². The minimum atomic E-state index is -5.12. The number of nitrogens with one attached hydrogen (secondary N) is 2. The quantitative estimate of drug-likeness (QED) is 0.115. The van der Waals surface area contributed by atoms with E-state index in [2.05, 4.69) is 29.9 Å². The fraction of sp³-hybridized carbons (Fsp3) is 0.424. The first-order valence-electron chi connectivity index (χ1n) is 16.1. The number of aryl methyl sites for hydroxylation is 1. The van der Waals surface area contributed by atoms with Gasteiger partial charge in [-0.2, -0.15) is 39.5 Å². The maximum atomic E-state index is 13.8. The van der Waals surface area contributed by atoms with Gasteiger partial charge in [-0.15, -0.1) is 0 Å². The minimum absolute atomic E-state index is 0.00449. The molecule has 0 bridgehead atoms. The molecule has 0 saturated heterocycles. The van der Waals surface area contributed by atoms with Crippen molar-refractivity contribution in [3.05, 3.63) is 92.5 Å². The third-order valence-corrected chi connectivity index (χ3v) is 8.25. The predicted octanol–water partition coefficient (Wildman–Crippen LogP) is 8.11. The number of rotatable bonds is 11. The standard InChI is InChI=1S/C33H31F9N6O5/c1-3-21-15-23(22-14-18(31(34,35)36)7-8-25(22)48(21)30(50)51-4-2)44-28-43-16-26(52-9-5-6-27-46-29(49)53-47-27)24(45-28)12-17-10-19(32(37,38)39)13-20(11-17)33(40,41)42/h7-8,10-11,13-14,16,21,23H,3-6,9,12,15H2,1-2H3,(H,43,44,45)(H,46,47,49)/t21-,23+/m1/s1. The van der Waals surface area contributed by atoms with Crippen molar-refractivity contribution >= 4 is 17.7 Å². The molecule has 2 N–H and O–H groups in total. The molecule has 53 heavy (non-hydrogen) atoms. The van der Waals surface area contributed by atoms with Gasteiger partial charge in [0.1, 0.15) is 0 Å². The van der Waals surface area contributed by atoms with Crippen molar-refractivity contribution in [1.29, 1.82) is 0 Å². The number of benzene rings is 2. The number of amides is 1. The van der Waals surface area contributed by atoms with Crippen molar-refractivity contribution in [2.75, 3.05) is 23.4 Å². The summed E-state index contributed by atoms with van der Waals surface area (Å²) in [6, 6.07) is 2.40. The second-order valence-corrected chi connectivity index (χ2v) is 11.9. The number of halogens is 9. The number of aromatic amines is 1. The number of fused-ring (bicyclic) bond motifs is 1. The number of anilines is 2. The highest BCUT2D eigenvalue weighted by Gasteiger charge is 2.40. The van der Waals surface area contributed by atoms with Crippen molar-refractivity contribution in [1.82, 2.24) is 20.1 Å². The van der Waals surface area contributed by atoms with E-state index in [0.717, 1.165) is 24.4 Å². The second kappa shape index (κ2) is 15.4. The van der Waals surface area contributed by atoms with Crippen molar-refractivity contribution in [3.8, 4) is 5.75 Å². The van der Waals surface area contributed by atoms with Crippen molar-refractivity contribution in [3.63, 3.8) is 0 Å². The van der Waals surface area contributed by atoms with E-state index in [1.54, 1.807) is 13.8 Å². The average Bonchev–Trinajstić information content (AvgIpc) is 3.50. The van der Waals surface area contributed by atoms with Crippen LogP contribution in [0.3, 0.4) is 0 Å².